The second-order valence-corrected chi connectivity index (χ2v) is 5.78. The number of nitrogens with zero attached hydrogens (tertiary/aromatic N) is 1. The van der Waals surface area contributed by atoms with Gasteiger partial charge in [0.2, 0.25) is 0 Å². The van der Waals surface area contributed by atoms with Crippen LogP contribution in [0.15, 0.2) is 59.2 Å². The van der Waals surface area contributed by atoms with Gasteiger partial charge in [-0.2, -0.15) is 0 Å². The third-order valence-electron chi connectivity index (χ3n) is 3.25. The fraction of sp³-hybridized carbons (Fsp3) is 0.0625. The Morgan fingerprint density at radius 2 is 1.90 bits per heavy atom. The number of halogens is 2. The van der Waals surface area contributed by atoms with Crippen LogP contribution in [0.25, 0.3) is 10.9 Å². The Morgan fingerprint density at radius 3 is 2.70 bits per heavy atom. The highest BCUT2D eigenvalue weighted by molar-refractivity contribution is 9.10. The van der Waals surface area contributed by atoms with E-state index in [-0.39, 0.29) is 5.78 Å². The van der Waals surface area contributed by atoms with Gasteiger partial charge in [0.15, 0.2) is 5.78 Å². The summed E-state index contributed by atoms with van der Waals surface area (Å²) in [6, 6.07) is 15.1. The van der Waals surface area contributed by atoms with Gasteiger partial charge in [-0.3, -0.25) is 4.79 Å². The van der Waals surface area contributed by atoms with E-state index in [2.05, 4.69) is 15.9 Å². The number of carbonyl (C=O) groups is 1. The molecule has 0 amide bonds. The number of carbonyl (C=O) groups excluding carboxylic acids is 1. The summed E-state index contributed by atoms with van der Waals surface area (Å²) in [6.07, 6.45) is 1.89. The van der Waals surface area contributed by atoms with E-state index in [1.54, 1.807) is 0 Å². The van der Waals surface area contributed by atoms with Crippen LogP contribution in [0.3, 0.4) is 0 Å². The third kappa shape index (κ3) is 2.39. The van der Waals surface area contributed by atoms with Gasteiger partial charge in [0, 0.05) is 32.2 Å². The molecule has 0 radical (unpaired) electrons. The predicted octanol–water partition coefficient (Wildman–Crippen LogP) is 4.94. The maximum atomic E-state index is 12.4. The summed E-state index contributed by atoms with van der Waals surface area (Å²) in [5.74, 6) is 0.0648. The van der Waals surface area contributed by atoms with Crippen molar-refractivity contribution in [2.45, 2.75) is 6.54 Å². The molecule has 2 nitrogen and oxygen atoms in total. The van der Waals surface area contributed by atoms with Crippen LogP contribution in [-0.4, -0.2) is 10.4 Å². The summed E-state index contributed by atoms with van der Waals surface area (Å²) in [7, 11) is 0. The van der Waals surface area contributed by atoms with E-state index >= 15 is 0 Å². The van der Waals surface area contributed by atoms with Crippen LogP contribution in [0.1, 0.15) is 10.4 Å². The molecule has 1 heterocycles. The first kappa shape index (κ1) is 13.4. The van der Waals surface area contributed by atoms with Gasteiger partial charge in [-0.25, -0.2) is 0 Å². The normalized spacial score (nSPS) is 10.9. The van der Waals surface area contributed by atoms with Gasteiger partial charge in [-0.05, 0) is 24.3 Å². The minimum atomic E-state index is 0.0648. The number of benzene rings is 2. The molecule has 0 fully saturated rings. The molecule has 3 rings (SSSR count). The van der Waals surface area contributed by atoms with Crippen LogP contribution in [0.5, 0.6) is 0 Å². The van der Waals surface area contributed by atoms with Crippen LogP contribution < -0.4 is 0 Å². The molecule has 0 bridgehead atoms. The first-order valence-electron chi connectivity index (χ1n) is 6.18. The highest BCUT2D eigenvalue weighted by atomic mass is 79.9. The molecule has 4 heteroatoms. The van der Waals surface area contributed by atoms with Gasteiger partial charge < -0.3 is 4.57 Å². The first-order chi connectivity index (χ1) is 9.66. The lowest BCUT2D eigenvalue weighted by atomic mass is 10.1. The van der Waals surface area contributed by atoms with Crippen molar-refractivity contribution in [3.63, 3.8) is 0 Å². The zero-order valence-electron chi connectivity index (χ0n) is 10.5. The molecule has 0 aliphatic heterocycles. The molecule has 20 heavy (non-hydrogen) atoms. The maximum Gasteiger partial charge on any atom is 0.183 e. The lowest BCUT2D eigenvalue weighted by molar-refractivity contribution is 0.0973. The van der Waals surface area contributed by atoms with Gasteiger partial charge in [-0.15, -0.1) is 0 Å². The van der Waals surface area contributed by atoms with Crippen molar-refractivity contribution in [3.8, 4) is 0 Å². The van der Waals surface area contributed by atoms with Crippen molar-refractivity contribution in [1.29, 1.82) is 0 Å². The summed E-state index contributed by atoms with van der Waals surface area (Å²) in [5, 5.41) is 1.67. The molecule has 0 aliphatic rings. The fourth-order valence-corrected chi connectivity index (χ4v) is 2.99. The second kappa shape index (κ2) is 5.43. The van der Waals surface area contributed by atoms with Gasteiger partial charge >= 0.3 is 0 Å². The minimum absolute atomic E-state index is 0.0648. The van der Waals surface area contributed by atoms with E-state index in [1.165, 1.54) is 0 Å². The Hall–Kier alpha value is -1.58. The summed E-state index contributed by atoms with van der Waals surface area (Å²) in [5.41, 5.74) is 1.66. The SMILES string of the molecule is O=C(Cn1ccc2c(Cl)cccc21)c1ccccc1Br. The average Bonchev–Trinajstić information content (AvgIpc) is 2.84. The topological polar surface area (TPSA) is 22.0 Å². The highest BCUT2D eigenvalue weighted by Crippen LogP contribution is 2.25. The fourth-order valence-electron chi connectivity index (χ4n) is 2.25. The molecule has 0 atom stereocenters. The number of Topliss-reactive ketones (excluding diaryl/α,β-unsaturated/α-hetero) is 1. The van der Waals surface area contributed by atoms with Crippen molar-refractivity contribution in [2.75, 3.05) is 0 Å². The van der Waals surface area contributed by atoms with Crippen molar-refractivity contribution in [1.82, 2.24) is 4.57 Å². The van der Waals surface area contributed by atoms with Gasteiger partial charge in [0.25, 0.3) is 0 Å². The number of ketones is 1. The lowest BCUT2D eigenvalue weighted by Crippen LogP contribution is -2.10. The largest absolute Gasteiger partial charge is 0.340 e. The Bertz CT molecular complexity index is 794. The van der Waals surface area contributed by atoms with E-state index in [0.717, 1.165) is 15.4 Å². The third-order valence-corrected chi connectivity index (χ3v) is 4.27. The quantitative estimate of drug-likeness (QED) is 0.614. The maximum absolute atomic E-state index is 12.4. The van der Waals surface area contributed by atoms with Gasteiger partial charge in [0.05, 0.1) is 6.54 Å². The Kier molecular flexibility index (Phi) is 3.64. The second-order valence-electron chi connectivity index (χ2n) is 4.52. The molecule has 2 aromatic carbocycles. The van der Waals surface area contributed by atoms with Gasteiger partial charge in [-0.1, -0.05) is 51.8 Å². The Labute approximate surface area is 130 Å². The number of fused-ring (bicyclic) bond motifs is 1. The van der Waals surface area contributed by atoms with Crippen LogP contribution in [0.4, 0.5) is 0 Å². The highest BCUT2D eigenvalue weighted by Gasteiger charge is 2.12. The standard InChI is InChI=1S/C16H11BrClNO/c17-13-5-2-1-4-11(13)16(20)10-19-9-8-12-14(18)6-3-7-15(12)19/h1-9H,10H2. The van der Waals surface area contributed by atoms with Crippen molar-refractivity contribution < 1.29 is 4.79 Å². The number of hydrogen-bond donors (Lipinski definition) is 0. The van der Waals surface area contributed by atoms with E-state index in [1.807, 2.05) is 59.3 Å². The summed E-state index contributed by atoms with van der Waals surface area (Å²) >= 11 is 9.55. The van der Waals surface area contributed by atoms with Crippen molar-refractivity contribution in [3.05, 3.63) is 69.8 Å². The molecule has 1 aromatic heterocycles. The zero-order chi connectivity index (χ0) is 14.1. The van der Waals surface area contributed by atoms with E-state index < -0.39 is 0 Å². The first-order valence-corrected chi connectivity index (χ1v) is 7.35. The van der Waals surface area contributed by atoms with Crippen LogP contribution in [0.2, 0.25) is 5.02 Å². The Balaban J connectivity index is 1.96. The van der Waals surface area contributed by atoms with E-state index in [0.29, 0.717) is 17.1 Å². The summed E-state index contributed by atoms with van der Waals surface area (Å²) < 4.78 is 2.74. The minimum Gasteiger partial charge on any atom is -0.340 e. The van der Waals surface area contributed by atoms with Crippen LogP contribution in [-0.2, 0) is 6.54 Å². The van der Waals surface area contributed by atoms with Crippen molar-refractivity contribution >= 4 is 44.2 Å². The van der Waals surface area contributed by atoms with Gasteiger partial charge in [0.1, 0.15) is 0 Å². The molecule has 0 spiro atoms. The molecule has 0 saturated carbocycles. The number of aromatic nitrogens is 1. The lowest BCUT2D eigenvalue weighted by Gasteiger charge is -2.06. The van der Waals surface area contributed by atoms with Crippen molar-refractivity contribution in [2.24, 2.45) is 0 Å². The molecule has 3 aromatic rings. The molecular weight excluding hydrogens is 338 g/mol. The number of hydrogen-bond acceptors (Lipinski definition) is 1. The Morgan fingerprint density at radius 1 is 1.10 bits per heavy atom. The molecule has 0 N–H and O–H groups in total. The number of rotatable bonds is 3. The zero-order valence-corrected chi connectivity index (χ0v) is 12.9. The predicted molar refractivity (Wildman–Crippen MR) is 85.4 cm³/mol. The molecule has 0 saturated heterocycles. The molecular formula is C16H11BrClNO. The average molecular weight is 349 g/mol. The molecule has 0 aliphatic carbocycles. The van der Waals surface area contributed by atoms with E-state index in [9.17, 15) is 4.79 Å². The smallest absolute Gasteiger partial charge is 0.183 e. The molecule has 0 unspecified atom stereocenters. The summed E-state index contributed by atoms with van der Waals surface area (Å²) in [4.78, 5) is 12.4. The monoisotopic (exact) mass is 347 g/mol. The summed E-state index contributed by atoms with van der Waals surface area (Å²) in [6.45, 7) is 0.298. The molecule has 100 valence electrons. The van der Waals surface area contributed by atoms with Crippen LogP contribution in [0, 0.1) is 0 Å². The van der Waals surface area contributed by atoms with E-state index in [4.69, 9.17) is 11.6 Å². The van der Waals surface area contributed by atoms with Crippen LogP contribution >= 0.6 is 27.5 Å².